The first kappa shape index (κ1) is 15.1. The van der Waals surface area contributed by atoms with Crippen LogP contribution < -0.4 is 10.1 Å². The normalized spacial score (nSPS) is 10.5. The molecule has 1 aromatic carbocycles. The minimum atomic E-state index is -0.0171. The zero-order valence-electron chi connectivity index (χ0n) is 12.6. The summed E-state index contributed by atoms with van der Waals surface area (Å²) in [6, 6.07) is 12.0. The molecule has 0 saturated carbocycles. The molecule has 6 heteroatoms. The average molecular weight is 310 g/mol. The first-order valence-corrected chi connectivity index (χ1v) is 7.36. The molecule has 0 atom stereocenters. The van der Waals surface area contributed by atoms with Crippen molar-refractivity contribution in [3.63, 3.8) is 0 Å². The van der Waals surface area contributed by atoms with Gasteiger partial charge in [-0.15, -0.1) is 0 Å². The predicted molar refractivity (Wildman–Crippen MR) is 87.7 cm³/mol. The van der Waals surface area contributed by atoms with Crippen LogP contribution in [0.3, 0.4) is 0 Å². The van der Waals surface area contributed by atoms with E-state index in [4.69, 9.17) is 9.84 Å². The monoisotopic (exact) mass is 310 g/mol. The van der Waals surface area contributed by atoms with E-state index < -0.39 is 0 Å². The zero-order chi connectivity index (χ0) is 15.9. The summed E-state index contributed by atoms with van der Waals surface area (Å²) < 4.78 is 7.19. The number of aliphatic hydroxyl groups is 1. The molecule has 2 heterocycles. The fraction of sp³-hybridized carbons (Fsp3) is 0.176. The molecule has 2 N–H and O–H groups in total. The minimum Gasteiger partial charge on any atom is -0.475 e. The highest BCUT2D eigenvalue weighted by molar-refractivity contribution is 5.43. The maximum atomic E-state index is 8.70. The van der Waals surface area contributed by atoms with E-state index in [1.165, 1.54) is 5.56 Å². The highest BCUT2D eigenvalue weighted by atomic mass is 16.5. The second kappa shape index (κ2) is 7.42. The van der Waals surface area contributed by atoms with Crippen LogP contribution in [0.2, 0.25) is 0 Å². The Morgan fingerprint density at radius 3 is 2.65 bits per heavy atom. The highest BCUT2D eigenvalue weighted by Crippen LogP contribution is 2.14. The molecule has 0 unspecified atom stereocenters. The molecule has 0 fully saturated rings. The lowest BCUT2D eigenvalue weighted by Crippen LogP contribution is -2.04. The van der Waals surface area contributed by atoms with Crippen LogP contribution in [-0.4, -0.2) is 32.9 Å². The van der Waals surface area contributed by atoms with Gasteiger partial charge in [0.25, 0.3) is 0 Å². The first-order valence-electron chi connectivity index (χ1n) is 7.36. The second-order valence-electron chi connectivity index (χ2n) is 4.95. The number of hydrogen-bond acceptors (Lipinski definition) is 5. The fourth-order valence-corrected chi connectivity index (χ4v) is 2.12. The second-order valence-corrected chi connectivity index (χ2v) is 4.95. The van der Waals surface area contributed by atoms with E-state index in [2.05, 4.69) is 39.6 Å². The summed E-state index contributed by atoms with van der Waals surface area (Å²) in [5.41, 5.74) is 3.17. The molecule has 0 spiro atoms. The van der Waals surface area contributed by atoms with Gasteiger partial charge in [-0.1, -0.05) is 12.1 Å². The number of nitrogens with one attached hydrogen (secondary N) is 1. The first-order chi connectivity index (χ1) is 11.3. The Morgan fingerprint density at radius 2 is 2.00 bits per heavy atom. The van der Waals surface area contributed by atoms with E-state index in [1.54, 1.807) is 24.8 Å². The van der Waals surface area contributed by atoms with Crippen LogP contribution in [-0.2, 0) is 6.54 Å². The van der Waals surface area contributed by atoms with E-state index >= 15 is 0 Å². The van der Waals surface area contributed by atoms with Crippen molar-refractivity contribution in [2.24, 2.45) is 0 Å². The van der Waals surface area contributed by atoms with Crippen LogP contribution in [0.1, 0.15) is 5.56 Å². The number of hydrogen-bond donors (Lipinski definition) is 2. The molecular weight excluding hydrogens is 292 g/mol. The minimum absolute atomic E-state index is 0.0171. The van der Waals surface area contributed by atoms with Gasteiger partial charge in [-0.2, -0.15) is 0 Å². The molecule has 6 nitrogen and oxygen atoms in total. The summed E-state index contributed by atoms with van der Waals surface area (Å²) in [5, 5.41) is 12.0. The van der Waals surface area contributed by atoms with Gasteiger partial charge in [-0.3, -0.25) is 0 Å². The third-order valence-electron chi connectivity index (χ3n) is 3.31. The topological polar surface area (TPSA) is 72.2 Å². The van der Waals surface area contributed by atoms with E-state index in [1.807, 2.05) is 16.8 Å². The SMILES string of the molecule is OCCOc1ccc(NCc2ccc(-n3ccnc3)cc2)cn1. The number of rotatable bonds is 7. The largest absolute Gasteiger partial charge is 0.475 e. The number of aromatic nitrogens is 3. The molecule has 0 amide bonds. The molecular formula is C17H18N4O2. The Morgan fingerprint density at radius 1 is 1.13 bits per heavy atom. The van der Waals surface area contributed by atoms with Gasteiger partial charge < -0.3 is 19.7 Å². The molecule has 3 aromatic rings. The van der Waals surface area contributed by atoms with Gasteiger partial charge in [0.2, 0.25) is 5.88 Å². The van der Waals surface area contributed by atoms with Gasteiger partial charge in [0.1, 0.15) is 6.61 Å². The van der Waals surface area contributed by atoms with Crippen molar-refractivity contribution < 1.29 is 9.84 Å². The molecule has 0 bridgehead atoms. The van der Waals surface area contributed by atoms with Crippen LogP contribution in [0.25, 0.3) is 5.69 Å². The Kier molecular flexibility index (Phi) is 4.85. The van der Waals surface area contributed by atoms with Crippen molar-refractivity contribution >= 4 is 5.69 Å². The number of imidazole rings is 1. The summed E-state index contributed by atoms with van der Waals surface area (Å²) in [4.78, 5) is 8.21. The van der Waals surface area contributed by atoms with Gasteiger partial charge in [-0.05, 0) is 23.8 Å². The molecule has 0 radical (unpaired) electrons. The smallest absolute Gasteiger partial charge is 0.213 e. The summed E-state index contributed by atoms with van der Waals surface area (Å²) in [5.74, 6) is 0.509. The number of ether oxygens (including phenoxy) is 1. The Bertz CT molecular complexity index is 709. The molecule has 23 heavy (non-hydrogen) atoms. The van der Waals surface area contributed by atoms with Crippen molar-refractivity contribution in [3.8, 4) is 11.6 Å². The van der Waals surface area contributed by atoms with Crippen molar-refractivity contribution in [2.75, 3.05) is 18.5 Å². The number of anilines is 1. The predicted octanol–water partition coefficient (Wildman–Crippen LogP) is 2.25. The summed E-state index contributed by atoms with van der Waals surface area (Å²) in [6.07, 6.45) is 7.17. The van der Waals surface area contributed by atoms with Crippen LogP contribution in [0.4, 0.5) is 5.69 Å². The molecule has 118 valence electrons. The number of benzene rings is 1. The summed E-state index contributed by atoms with van der Waals surface area (Å²) in [6.45, 7) is 0.947. The standard InChI is InChI=1S/C17H18N4O2/c22-9-10-23-17-6-3-15(12-20-17)19-11-14-1-4-16(5-2-14)21-8-7-18-13-21/h1-8,12-13,19,22H,9-11H2. The lowest BCUT2D eigenvalue weighted by molar-refractivity contribution is 0.196. The van der Waals surface area contributed by atoms with Crippen LogP contribution in [0, 0.1) is 0 Å². The van der Waals surface area contributed by atoms with Crippen molar-refractivity contribution in [1.82, 2.24) is 14.5 Å². The van der Waals surface area contributed by atoms with Crippen LogP contribution in [0.15, 0.2) is 61.3 Å². The lowest BCUT2D eigenvalue weighted by Gasteiger charge is -2.08. The van der Waals surface area contributed by atoms with Crippen molar-refractivity contribution in [1.29, 1.82) is 0 Å². The molecule has 0 aliphatic heterocycles. The maximum Gasteiger partial charge on any atom is 0.213 e. The van der Waals surface area contributed by atoms with Gasteiger partial charge in [0.15, 0.2) is 0 Å². The van der Waals surface area contributed by atoms with Gasteiger partial charge >= 0.3 is 0 Å². The Hall–Kier alpha value is -2.86. The van der Waals surface area contributed by atoms with E-state index in [-0.39, 0.29) is 13.2 Å². The molecule has 0 aliphatic rings. The van der Waals surface area contributed by atoms with Crippen molar-refractivity contribution in [3.05, 3.63) is 66.9 Å². The average Bonchev–Trinajstić information content (AvgIpc) is 3.14. The third kappa shape index (κ3) is 4.08. The van der Waals surface area contributed by atoms with Crippen LogP contribution in [0.5, 0.6) is 5.88 Å². The van der Waals surface area contributed by atoms with E-state index in [9.17, 15) is 0 Å². The number of nitrogens with zero attached hydrogens (tertiary/aromatic N) is 3. The molecule has 0 aliphatic carbocycles. The van der Waals surface area contributed by atoms with Crippen molar-refractivity contribution in [2.45, 2.75) is 6.54 Å². The lowest BCUT2D eigenvalue weighted by atomic mass is 10.2. The summed E-state index contributed by atoms with van der Waals surface area (Å²) in [7, 11) is 0. The van der Waals surface area contributed by atoms with Crippen LogP contribution >= 0.6 is 0 Å². The molecule has 3 rings (SSSR count). The molecule has 0 saturated heterocycles. The third-order valence-corrected chi connectivity index (χ3v) is 3.31. The highest BCUT2D eigenvalue weighted by Gasteiger charge is 1.99. The molecule has 2 aromatic heterocycles. The maximum absolute atomic E-state index is 8.70. The Balaban J connectivity index is 1.55. The quantitative estimate of drug-likeness (QED) is 0.700. The van der Waals surface area contributed by atoms with Gasteiger partial charge in [0.05, 0.1) is 24.8 Å². The zero-order valence-corrected chi connectivity index (χ0v) is 12.6. The summed E-state index contributed by atoms with van der Waals surface area (Å²) >= 11 is 0. The number of aliphatic hydroxyl groups excluding tert-OH is 1. The number of pyridine rings is 1. The van der Waals surface area contributed by atoms with E-state index in [0.29, 0.717) is 12.4 Å². The van der Waals surface area contributed by atoms with E-state index in [0.717, 1.165) is 11.4 Å². The fourth-order valence-electron chi connectivity index (χ4n) is 2.12. The Labute approximate surface area is 134 Å². The van der Waals surface area contributed by atoms with Gasteiger partial charge in [0, 0.05) is 30.7 Å². The van der Waals surface area contributed by atoms with Gasteiger partial charge in [-0.25, -0.2) is 9.97 Å².